The average Bonchev–Trinajstić information content (AvgIpc) is 2.84. The molecule has 3 rings (SSSR count). The highest BCUT2D eigenvalue weighted by Gasteiger charge is 2.13. The molecule has 0 amide bonds. The predicted molar refractivity (Wildman–Crippen MR) is 73.7 cm³/mol. The maximum atomic E-state index is 10.3. The number of aromatic nitrogens is 3. The number of benzene rings is 1. The highest BCUT2D eigenvalue weighted by molar-refractivity contribution is 5.79. The fourth-order valence-corrected chi connectivity index (χ4v) is 2.17. The normalized spacial score (nSPS) is 12.8. The third kappa shape index (κ3) is 2.22. The molecule has 0 bridgehead atoms. The molecule has 4 nitrogen and oxygen atoms in total. The van der Waals surface area contributed by atoms with Crippen LogP contribution < -0.4 is 0 Å². The SMILES string of the molecule is Cc1ccc2cc(C(O)c3ccn(C)n3)ccc2n1. The Kier molecular flexibility index (Phi) is 2.80. The van der Waals surface area contributed by atoms with Gasteiger partial charge in [-0.25, -0.2) is 0 Å². The van der Waals surface area contributed by atoms with E-state index in [1.54, 1.807) is 4.68 Å². The van der Waals surface area contributed by atoms with E-state index in [2.05, 4.69) is 10.1 Å². The standard InChI is InChI=1S/C15H15N3O/c1-10-3-4-11-9-12(5-6-13(11)16-10)15(19)14-7-8-18(2)17-14/h3-9,15,19H,1-2H3. The van der Waals surface area contributed by atoms with Crippen LogP contribution in [0, 0.1) is 6.92 Å². The van der Waals surface area contributed by atoms with Crippen molar-refractivity contribution in [3.05, 3.63) is 59.5 Å². The molecule has 4 heteroatoms. The summed E-state index contributed by atoms with van der Waals surface area (Å²) in [4.78, 5) is 4.45. The van der Waals surface area contributed by atoms with Gasteiger partial charge >= 0.3 is 0 Å². The maximum Gasteiger partial charge on any atom is 0.123 e. The zero-order valence-corrected chi connectivity index (χ0v) is 10.9. The first-order chi connectivity index (χ1) is 9.13. The molecule has 96 valence electrons. The number of nitrogens with zero attached hydrogens (tertiary/aromatic N) is 3. The van der Waals surface area contributed by atoms with E-state index >= 15 is 0 Å². The zero-order chi connectivity index (χ0) is 13.4. The number of aliphatic hydroxyl groups excluding tert-OH is 1. The number of aryl methyl sites for hydroxylation is 2. The second-order valence-corrected chi connectivity index (χ2v) is 4.72. The summed E-state index contributed by atoms with van der Waals surface area (Å²) in [5.74, 6) is 0. The summed E-state index contributed by atoms with van der Waals surface area (Å²) in [6, 6.07) is 11.6. The monoisotopic (exact) mass is 253 g/mol. The van der Waals surface area contributed by atoms with Crippen LogP contribution in [-0.2, 0) is 7.05 Å². The summed E-state index contributed by atoms with van der Waals surface area (Å²) in [6.45, 7) is 1.97. The molecule has 0 aliphatic heterocycles. The second kappa shape index (κ2) is 4.48. The largest absolute Gasteiger partial charge is 0.382 e. The number of fused-ring (bicyclic) bond motifs is 1. The van der Waals surface area contributed by atoms with Crippen LogP contribution in [0.1, 0.15) is 23.1 Å². The maximum absolute atomic E-state index is 10.3. The minimum Gasteiger partial charge on any atom is -0.382 e. The van der Waals surface area contributed by atoms with E-state index in [-0.39, 0.29) is 0 Å². The molecule has 0 spiro atoms. The van der Waals surface area contributed by atoms with Gasteiger partial charge in [-0.15, -0.1) is 0 Å². The van der Waals surface area contributed by atoms with Crippen LogP contribution in [0.3, 0.4) is 0 Å². The predicted octanol–water partition coefficient (Wildman–Crippen LogP) is 2.36. The Morgan fingerprint density at radius 1 is 1.16 bits per heavy atom. The Balaban J connectivity index is 2.03. The van der Waals surface area contributed by atoms with Gasteiger partial charge in [0.05, 0.1) is 11.2 Å². The first-order valence-electron chi connectivity index (χ1n) is 6.18. The van der Waals surface area contributed by atoms with Crippen molar-refractivity contribution in [1.29, 1.82) is 0 Å². The van der Waals surface area contributed by atoms with Crippen LogP contribution in [0.2, 0.25) is 0 Å². The lowest BCUT2D eigenvalue weighted by molar-refractivity contribution is 0.214. The minimum absolute atomic E-state index is 0.655. The zero-order valence-electron chi connectivity index (χ0n) is 10.9. The molecule has 3 aromatic rings. The van der Waals surface area contributed by atoms with Crippen molar-refractivity contribution in [1.82, 2.24) is 14.8 Å². The quantitative estimate of drug-likeness (QED) is 0.762. The first-order valence-corrected chi connectivity index (χ1v) is 6.18. The number of hydrogen-bond acceptors (Lipinski definition) is 3. The summed E-state index contributed by atoms with van der Waals surface area (Å²) in [5.41, 5.74) is 3.42. The minimum atomic E-state index is -0.702. The van der Waals surface area contributed by atoms with E-state index in [1.165, 1.54) is 0 Å². The molecule has 1 N–H and O–H groups in total. The molecule has 1 atom stereocenters. The van der Waals surface area contributed by atoms with Gasteiger partial charge in [-0.2, -0.15) is 5.10 Å². The van der Waals surface area contributed by atoms with Gasteiger partial charge in [-0.1, -0.05) is 12.1 Å². The number of rotatable bonds is 2. The Morgan fingerprint density at radius 2 is 2.00 bits per heavy atom. The summed E-state index contributed by atoms with van der Waals surface area (Å²) in [7, 11) is 1.84. The van der Waals surface area contributed by atoms with E-state index < -0.39 is 6.10 Å². The lowest BCUT2D eigenvalue weighted by Gasteiger charge is -2.09. The summed E-state index contributed by atoms with van der Waals surface area (Å²) >= 11 is 0. The van der Waals surface area contributed by atoms with Gasteiger partial charge in [0.2, 0.25) is 0 Å². The highest BCUT2D eigenvalue weighted by atomic mass is 16.3. The van der Waals surface area contributed by atoms with E-state index in [0.29, 0.717) is 5.69 Å². The number of aliphatic hydroxyl groups is 1. The topological polar surface area (TPSA) is 50.9 Å². The van der Waals surface area contributed by atoms with Crippen molar-refractivity contribution in [2.24, 2.45) is 7.05 Å². The van der Waals surface area contributed by atoms with Gasteiger partial charge in [-0.3, -0.25) is 9.67 Å². The third-order valence-electron chi connectivity index (χ3n) is 3.18. The molecular weight excluding hydrogens is 238 g/mol. The number of hydrogen-bond donors (Lipinski definition) is 1. The van der Waals surface area contributed by atoms with Crippen molar-refractivity contribution >= 4 is 10.9 Å². The molecule has 0 saturated heterocycles. The van der Waals surface area contributed by atoms with E-state index in [4.69, 9.17) is 0 Å². The fraction of sp³-hybridized carbons (Fsp3) is 0.200. The molecule has 0 fully saturated rings. The molecule has 0 radical (unpaired) electrons. The highest BCUT2D eigenvalue weighted by Crippen LogP contribution is 2.23. The summed E-state index contributed by atoms with van der Waals surface area (Å²) in [6.07, 6.45) is 1.12. The molecule has 0 aliphatic carbocycles. The first kappa shape index (κ1) is 11.9. The Bertz CT molecular complexity index is 733. The molecule has 0 aliphatic rings. The van der Waals surface area contributed by atoms with Crippen molar-refractivity contribution < 1.29 is 5.11 Å². The van der Waals surface area contributed by atoms with Crippen LogP contribution in [0.15, 0.2) is 42.6 Å². The Labute approximate surface area is 111 Å². The van der Waals surface area contributed by atoms with E-state index in [0.717, 1.165) is 22.2 Å². The van der Waals surface area contributed by atoms with Crippen LogP contribution >= 0.6 is 0 Å². The Morgan fingerprint density at radius 3 is 2.74 bits per heavy atom. The Hall–Kier alpha value is -2.20. The molecule has 1 unspecified atom stereocenters. The van der Waals surface area contributed by atoms with Gasteiger partial charge in [0.1, 0.15) is 6.10 Å². The van der Waals surface area contributed by atoms with Crippen LogP contribution in [-0.4, -0.2) is 19.9 Å². The van der Waals surface area contributed by atoms with Gasteiger partial charge in [0.15, 0.2) is 0 Å². The summed E-state index contributed by atoms with van der Waals surface area (Å²) in [5, 5.41) is 15.6. The van der Waals surface area contributed by atoms with Crippen molar-refractivity contribution in [2.75, 3.05) is 0 Å². The van der Waals surface area contributed by atoms with Crippen LogP contribution in [0.4, 0.5) is 0 Å². The summed E-state index contributed by atoms with van der Waals surface area (Å²) < 4.78 is 1.69. The lowest BCUT2D eigenvalue weighted by Crippen LogP contribution is -2.02. The third-order valence-corrected chi connectivity index (χ3v) is 3.18. The molecule has 1 aromatic carbocycles. The molecule has 0 saturated carbocycles. The second-order valence-electron chi connectivity index (χ2n) is 4.72. The lowest BCUT2D eigenvalue weighted by atomic mass is 10.0. The van der Waals surface area contributed by atoms with Crippen molar-refractivity contribution in [2.45, 2.75) is 13.0 Å². The fourth-order valence-electron chi connectivity index (χ4n) is 2.17. The molecular formula is C15H15N3O. The van der Waals surface area contributed by atoms with E-state index in [9.17, 15) is 5.11 Å². The molecule has 2 heterocycles. The van der Waals surface area contributed by atoms with Crippen molar-refractivity contribution in [3.8, 4) is 0 Å². The molecule has 2 aromatic heterocycles. The van der Waals surface area contributed by atoms with Crippen LogP contribution in [0.5, 0.6) is 0 Å². The van der Waals surface area contributed by atoms with Gasteiger partial charge in [-0.05, 0) is 36.8 Å². The van der Waals surface area contributed by atoms with Gasteiger partial charge in [0.25, 0.3) is 0 Å². The average molecular weight is 253 g/mol. The van der Waals surface area contributed by atoms with Gasteiger partial charge in [0, 0.05) is 24.3 Å². The number of pyridine rings is 1. The smallest absolute Gasteiger partial charge is 0.123 e. The van der Waals surface area contributed by atoms with Gasteiger partial charge < -0.3 is 5.11 Å². The molecule has 19 heavy (non-hydrogen) atoms. The van der Waals surface area contributed by atoms with Crippen LogP contribution in [0.25, 0.3) is 10.9 Å². The van der Waals surface area contributed by atoms with Crippen molar-refractivity contribution in [3.63, 3.8) is 0 Å². The van der Waals surface area contributed by atoms with E-state index in [1.807, 2.05) is 56.6 Å².